The van der Waals surface area contributed by atoms with Gasteiger partial charge >= 0.3 is 5.97 Å². The third kappa shape index (κ3) is 3.19. The summed E-state index contributed by atoms with van der Waals surface area (Å²) in [5.41, 5.74) is 0. The average molecular weight is 272 g/mol. The molecule has 0 amide bonds. The molecule has 0 radical (unpaired) electrons. The Balaban J connectivity index is 2.01. The molecule has 17 heavy (non-hydrogen) atoms. The number of thioether (sulfide) groups is 2. The normalized spacial score (nSPS) is 24.1. The second kappa shape index (κ2) is 5.82. The predicted molar refractivity (Wildman–Crippen MR) is 70.8 cm³/mol. The van der Waals surface area contributed by atoms with Gasteiger partial charge in [-0.1, -0.05) is 11.8 Å². The maximum Gasteiger partial charge on any atom is 0.313 e. The molecule has 1 aromatic rings. The number of hydrogen-bond donors (Lipinski definition) is 1. The number of carboxylic acid groups (broad SMARTS) is 1. The Kier molecular flexibility index (Phi) is 4.39. The first kappa shape index (κ1) is 12.8. The van der Waals surface area contributed by atoms with E-state index in [0.29, 0.717) is 6.04 Å². The first-order valence-corrected chi connectivity index (χ1v) is 7.88. The number of imidazole rings is 1. The molecule has 2 rings (SSSR count). The van der Waals surface area contributed by atoms with Gasteiger partial charge in [-0.3, -0.25) is 4.79 Å². The summed E-state index contributed by atoms with van der Waals surface area (Å²) >= 11 is 3.23. The molecule has 1 N–H and O–H groups in total. The summed E-state index contributed by atoms with van der Waals surface area (Å²) in [4.78, 5) is 14.8. The number of hydrogen-bond acceptors (Lipinski definition) is 4. The van der Waals surface area contributed by atoms with E-state index in [1.807, 2.05) is 18.0 Å². The van der Waals surface area contributed by atoms with Crippen molar-refractivity contribution in [3.63, 3.8) is 0 Å². The van der Waals surface area contributed by atoms with Crippen LogP contribution in [0.2, 0.25) is 0 Å². The van der Waals surface area contributed by atoms with E-state index >= 15 is 0 Å². The van der Waals surface area contributed by atoms with Crippen LogP contribution in [-0.2, 0) is 4.79 Å². The molecule has 2 atom stereocenters. The van der Waals surface area contributed by atoms with Crippen LogP contribution in [0, 0.1) is 0 Å². The summed E-state index contributed by atoms with van der Waals surface area (Å²) < 4.78 is 2.14. The smallest absolute Gasteiger partial charge is 0.313 e. The fraction of sp³-hybridized carbons (Fsp3) is 0.636. The quantitative estimate of drug-likeness (QED) is 0.835. The van der Waals surface area contributed by atoms with Crippen molar-refractivity contribution in [3.05, 3.63) is 12.4 Å². The number of aromatic nitrogens is 2. The summed E-state index contributed by atoms with van der Waals surface area (Å²) in [5, 5.41) is 10.3. The van der Waals surface area contributed by atoms with E-state index in [4.69, 9.17) is 5.11 Å². The van der Waals surface area contributed by atoms with Gasteiger partial charge in [-0.05, 0) is 25.5 Å². The maximum atomic E-state index is 10.6. The van der Waals surface area contributed by atoms with Gasteiger partial charge in [-0.25, -0.2) is 4.98 Å². The topological polar surface area (TPSA) is 55.1 Å². The van der Waals surface area contributed by atoms with E-state index in [2.05, 4.69) is 15.8 Å². The van der Waals surface area contributed by atoms with E-state index in [1.54, 1.807) is 6.20 Å². The zero-order chi connectivity index (χ0) is 12.3. The molecule has 0 aliphatic heterocycles. The number of aliphatic carboxylic acids is 1. The third-order valence-corrected chi connectivity index (χ3v) is 5.10. The highest BCUT2D eigenvalue weighted by atomic mass is 32.2. The molecule has 1 aliphatic carbocycles. The zero-order valence-electron chi connectivity index (χ0n) is 9.70. The molecule has 0 aromatic carbocycles. The van der Waals surface area contributed by atoms with Gasteiger partial charge in [-0.15, -0.1) is 0 Å². The number of carbonyl (C=O) groups is 1. The Hall–Kier alpha value is -0.620. The van der Waals surface area contributed by atoms with Crippen molar-refractivity contribution in [2.75, 3.05) is 12.0 Å². The van der Waals surface area contributed by atoms with Crippen LogP contribution in [0.4, 0.5) is 0 Å². The molecule has 6 heteroatoms. The number of carboxylic acids is 1. The summed E-state index contributed by atoms with van der Waals surface area (Å²) in [6.45, 7) is 0. The van der Waals surface area contributed by atoms with Gasteiger partial charge in [0.2, 0.25) is 0 Å². The average Bonchev–Trinajstić information content (AvgIpc) is 2.94. The maximum absolute atomic E-state index is 10.6. The molecule has 1 fully saturated rings. The highest BCUT2D eigenvalue weighted by Crippen LogP contribution is 2.37. The van der Waals surface area contributed by atoms with Crippen molar-refractivity contribution in [1.29, 1.82) is 0 Å². The largest absolute Gasteiger partial charge is 0.481 e. The fourth-order valence-corrected chi connectivity index (χ4v) is 3.73. The molecule has 1 aliphatic rings. The minimum atomic E-state index is -0.794. The van der Waals surface area contributed by atoms with Gasteiger partial charge in [0.1, 0.15) is 0 Å². The van der Waals surface area contributed by atoms with Crippen molar-refractivity contribution < 1.29 is 9.90 Å². The molecule has 2 unspecified atom stereocenters. The van der Waals surface area contributed by atoms with Crippen molar-refractivity contribution in [2.45, 2.75) is 35.7 Å². The van der Waals surface area contributed by atoms with E-state index in [9.17, 15) is 4.79 Å². The summed E-state index contributed by atoms with van der Waals surface area (Å²) in [6.07, 6.45) is 9.46. The Morgan fingerprint density at radius 3 is 3.12 bits per heavy atom. The van der Waals surface area contributed by atoms with Crippen molar-refractivity contribution in [2.24, 2.45) is 0 Å². The molecule has 1 saturated carbocycles. The lowest BCUT2D eigenvalue weighted by atomic mass is 10.2. The van der Waals surface area contributed by atoms with Crippen LogP contribution < -0.4 is 0 Å². The van der Waals surface area contributed by atoms with E-state index < -0.39 is 5.97 Å². The van der Waals surface area contributed by atoms with Crippen LogP contribution in [0.25, 0.3) is 0 Å². The highest BCUT2D eigenvalue weighted by molar-refractivity contribution is 7.99. The monoisotopic (exact) mass is 272 g/mol. The lowest BCUT2D eigenvalue weighted by Crippen LogP contribution is -2.08. The fourth-order valence-electron chi connectivity index (χ4n) is 2.20. The van der Waals surface area contributed by atoms with Gasteiger partial charge in [0.15, 0.2) is 5.16 Å². The standard InChI is InChI=1S/C11H16N2O2S2/c1-16-9-3-2-8(6-9)13-5-4-12-11(13)17-7-10(14)15/h4-5,8-9H,2-3,6-7H2,1H3,(H,14,15). The van der Waals surface area contributed by atoms with Gasteiger partial charge in [0, 0.05) is 23.7 Å². The van der Waals surface area contributed by atoms with Crippen molar-refractivity contribution in [1.82, 2.24) is 9.55 Å². The van der Waals surface area contributed by atoms with Crippen molar-refractivity contribution >= 4 is 29.5 Å². The lowest BCUT2D eigenvalue weighted by molar-refractivity contribution is -0.133. The second-order valence-corrected chi connectivity index (χ2v) is 6.20. The van der Waals surface area contributed by atoms with E-state index in [1.165, 1.54) is 24.6 Å². The predicted octanol–water partition coefficient (Wildman–Crippen LogP) is 2.52. The Morgan fingerprint density at radius 2 is 2.47 bits per heavy atom. The number of rotatable bonds is 5. The van der Waals surface area contributed by atoms with Crippen molar-refractivity contribution in [3.8, 4) is 0 Å². The Bertz CT molecular complexity index is 395. The Labute approximate surface area is 109 Å². The van der Waals surface area contributed by atoms with Crippen LogP contribution >= 0.6 is 23.5 Å². The minimum absolute atomic E-state index is 0.0791. The summed E-state index contributed by atoms with van der Waals surface area (Å²) in [5.74, 6) is -0.714. The van der Waals surface area contributed by atoms with E-state index in [-0.39, 0.29) is 5.75 Å². The van der Waals surface area contributed by atoms with Crippen LogP contribution in [0.5, 0.6) is 0 Å². The first-order valence-electron chi connectivity index (χ1n) is 5.61. The van der Waals surface area contributed by atoms with Gasteiger partial charge < -0.3 is 9.67 Å². The third-order valence-electron chi connectivity index (χ3n) is 3.04. The molecule has 0 spiro atoms. The number of nitrogens with zero attached hydrogens (tertiary/aromatic N) is 2. The van der Waals surface area contributed by atoms with Gasteiger partial charge in [-0.2, -0.15) is 11.8 Å². The molecule has 0 bridgehead atoms. The molecule has 1 heterocycles. The SMILES string of the molecule is CSC1CCC(n2ccnc2SCC(=O)O)C1. The van der Waals surface area contributed by atoms with Gasteiger partial charge in [0.25, 0.3) is 0 Å². The molecular formula is C11H16N2O2S2. The molecule has 94 valence electrons. The van der Waals surface area contributed by atoms with Crippen LogP contribution in [-0.4, -0.2) is 37.9 Å². The van der Waals surface area contributed by atoms with Gasteiger partial charge in [0.05, 0.1) is 5.75 Å². The first-order chi connectivity index (χ1) is 8.20. The highest BCUT2D eigenvalue weighted by Gasteiger charge is 2.26. The Morgan fingerprint density at radius 1 is 1.65 bits per heavy atom. The molecule has 1 aromatic heterocycles. The summed E-state index contributed by atoms with van der Waals surface area (Å²) in [6, 6.07) is 0.492. The lowest BCUT2D eigenvalue weighted by Gasteiger charge is -2.14. The molecular weight excluding hydrogens is 256 g/mol. The van der Waals surface area contributed by atoms with Crippen LogP contribution in [0.1, 0.15) is 25.3 Å². The summed E-state index contributed by atoms with van der Waals surface area (Å²) in [7, 11) is 0. The van der Waals surface area contributed by atoms with Crippen LogP contribution in [0.3, 0.4) is 0 Å². The molecule has 4 nitrogen and oxygen atoms in total. The van der Waals surface area contributed by atoms with Crippen LogP contribution in [0.15, 0.2) is 17.6 Å². The zero-order valence-corrected chi connectivity index (χ0v) is 11.3. The molecule has 0 saturated heterocycles. The minimum Gasteiger partial charge on any atom is -0.481 e. The van der Waals surface area contributed by atoms with E-state index in [0.717, 1.165) is 16.8 Å². The second-order valence-electron chi connectivity index (χ2n) is 4.12.